The fourth-order valence-corrected chi connectivity index (χ4v) is 3.06. The zero-order valence-electron chi connectivity index (χ0n) is 13.3. The molecule has 2 N–H and O–H groups in total. The number of H-pyrrole nitrogens is 1. The number of aromatic nitrogens is 3. The number of rotatable bonds is 3. The lowest BCUT2D eigenvalue weighted by molar-refractivity contribution is -0.121. The second-order valence-electron chi connectivity index (χ2n) is 5.78. The summed E-state index contributed by atoms with van der Waals surface area (Å²) in [6.45, 7) is 2.93. The molecular weight excluding hydrogens is 374 g/mol. The lowest BCUT2D eigenvalue weighted by Gasteiger charge is -2.30. The smallest absolute Gasteiger partial charge is 0.275 e. The topological polar surface area (TPSA) is 91.0 Å². The summed E-state index contributed by atoms with van der Waals surface area (Å²) in [6, 6.07) is 5.39. The van der Waals surface area contributed by atoms with Crippen LogP contribution < -0.4 is 5.32 Å². The highest BCUT2D eigenvalue weighted by atomic mass is 79.9. The monoisotopic (exact) mass is 391 g/mol. The fourth-order valence-electron chi connectivity index (χ4n) is 2.72. The first-order chi connectivity index (χ1) is 11.6. The number of anilines is 1. The molecule has 126 valence electrons. The number of carbonyl (C=O) groups is 2. The molecule has 2 amide bonds. The molecule has 0 bridgehead atoms. The van der Waals surface area contributed by atoms with Gasteiger partial charge in [0.2, 0.25) is 5.91 Å². The molecule has 0 spiro atoms. The molecule has 0 aromatic carbocycles. The standard InChI is InChI=1S/C16H18BrN5O2/c1-10-13(17)14(21-20-10)16(24)22-8-5-11(6-9-22)15(23)19-12-4-2-3-7-18-12/h2-4,7,11H,5-6,8-9H2,1H3,(H,20,21)(H,18,19,23). The Labute approximate surface area is 148 Å². The van der Waals surface area contributed by atoms with Crippen molar-refractivity contribution in [2.24, 2.45) is 5.92 Å². The Hall–Kier alpha value is -2.22. The normalized spacial score (nSPS) is 15.3. The van der Waals surface area contributed by atoms with Crippen LogP contribution in [0.15, 0.2) is 28.9 Å². The van der Waals surface area contributed by atoms with Gasteiger partial charge in [0.05, 0.1) is 4.47 Å². The van der Waals surface area contributed by atoms with E-state index in [1.54, 1.807) is 23.2 Å². The highest BCUT2D eigenvalue weighted by molar-refractivity contribution is 9.10. The summed E-state index contributed by atoms with van der Waals surface area (Å²) in [4.78, 5) is 30.6. The van der Waals surface area contributed by atoms with Crippen LogP contribution in [0.3, 0.4) is 0 Å². The lowest BCUT2D eigenvalue weighted by atomic mass is 9.95. The van der Waals surface area contributed by atoms with Gasteiger partial charge in [-0.25, -0.2) is 4.98 Å². The number of nitrogens with one attached hydrogen (secondary N) is 2. The quantitative estimate of drug-likeness (QED) is 0.839. The number of halogens is 1. The predicted octanol–water partition coefficient (Wildman–Crippen LogP) is 2.37. The van der Waals surface area contributed by atoms with Gasteiger partial charge in [-0.3, -0.25) is 14.7 Å². The van der Waals surface area contributed by atoms with Crippen molar-refractivity contribution in [3.63, 3.8) is 0 Å². The van der Waals surface area contributed by atoms with Gasteiger partial charge in [-0.15, -0.1) is 0 Å². The zero-order chi connectivity index (χ0) is 17.1. The van der Waals surface area contributed by atoms with Gasteiger partial charge in [0.25, 0.3) is 5.91 Å². The van der Waals surface area contributed by atoms with Gasteiger partial charge in [-0.1, -0.05) is 6.07 Å². The number of carbonyl (C=O) groups excluding carboxylic acids is 2. The highest BCUT2D eigenvalue weighted by Crippen LogP contribution is 2.24. The molecule has 1 saturated heterocycles. The van der Waals surface area contributed by atoms with E-state index >= 15 is 0 Å². The molecule has 8 heteroatoms. The van der Waals surface area contributed by atoms with E-state index in [-0.39, 0.29) is 17.7 Å². The number of likely N-dealkylation sites (tertiary alicyclic amines) is 1. The first kappa shape index (κ1) is 16.6. The van der Waals surface area contributed by atoms with E-state index in [2.05, 4.69) is 36.4 Å². The Morgan fingerprint density at radius 2 is 2.08 bits per heavy atom. The number of pyridine rings is 1. The summed E-state index contributed by atoms with van der Waals surface area (Å²) in [5.74, 6) is 0.282. The Balaban J connectivity index is 1.56. The third kappa shape index (κ3) is 3.48. The van der Waals surface area contributed by atoms with Crippen molar-refractivity contribution in [3.8, 4) is 0 Å². The molecule has 0 saturated carbocycles. The van der Waals surface area contributed by atoms with E-state index in [1.807, 2.05) is 13.0 Å². The van der Waals surface area contributed by atoms with Crippen LogP contribution in [0.2, 0.25) is 0 Å². The van der Waals surface area contributed by atoms with E-state index in [4.69, 9.17) is 0 Å². The van der Waals surface area contributed by atoms with Crippen LogP contribution >= 0.6 is 15.9 Å². The average molecular weight is 392 g/mol. The van der Waals surface area contributed by atoms with Gasteiger partial charge in [-0.05, 0) is 47.8 Å². The fraction of sp³-hybridized carbons (Fsp3) is 0.375. The third-order valence-electron chi connectivity index (χ3n) is 4.14. The third-order valence-corrected chi connectivity index (χ3v) is 5.11. The number of amides is 2. The molecule has 0 radical (unpaired) electrons. The van der Waals surface area contributed by atoms with E-state index < -0.39 is 0 Å². The van der Waals surface area contributed by atoms with E-state index in [1.165, 1.54) is 0 Å². The first-order valence-electron chi connectivity index (χ1n) is 7.78. The molecule has 2 aromatic rings. The number of nitrogens with zero attached hydrogens (tertiary/aromatic N) is 3. The number of piperidine rings is 1. The maximum absolute atomic E-state index is 12.5. The van der Waals surface area contributed by atoms with Gasteiger partial charge in [0.15, 0.2) is 5.69 Å². The SMILES string of the molecule is Cc1[nH]nc(C(=O)N2CCC(C(=O)Nc3ccccn3)CC2)c1Br. The van der Waals surface area contributed by atoms with Gasteiger partial charge >= 0.3 is 0 Å². The summed E-state index contributed by atoms with van der Waals surface area (Å²) >= 11 is 3.38. The van der Waals surface area contributed by atoms with Crippen molar-refractivity contribution in [3.05, 3.63) is 40.3 Å². The molecule has 3 heterocycles. The van der Waals surface area contributed by atoms with Gasteiger partial charge in [-0.2, -0.15) is 5.10 Å². The molecule has 1 aliphatic heterocycles. The number of hydrogen-bond donors (Lipinski definition) is 2. The van der Waals surface area contributed by atoms with Crippen molar-refractivity contribution in [2.75, 3.05) is 18.4 Å². The van der Waals surface area contributed by atoms with Crippen molar-refractivity contribution >= 4 is 33.6 Å². The van der Waals surface area contributed by atoms with E-state index in [0.29, 0.717) is 41.9 Å². The minimum absolute atomic E-state index is 0.0439. The summed E-state index contributed by atoms with van der Waals surface area (Å²) in [6.07, 6.45) is 2.90. The summed E-state index contributed by atoms with van der Waals surface area (Å²) in [7, 11) is 0. The van der Waals surface area contributed by atoms with Crippen molar-refractivity contribution in [1.82, 2.24) is 20.1 Å². The van der Waals surface area contributed by atoms with Crippen LogP contribution in [0.1, 0.15) is 29.0 Å². The average Bonchev–Trinajstić information content (AvgIpc) is 2.94. The van der Waals surface area contributed by atoms with Crippen molar-refractivity contribution in [1.29, 1.82) is 0 Å². The minimum atomic E-state index is -0.116. The van der Waals surface area contributed by atoms with E-state index in [0.717, 1.165) is 5.69 Å². The second-order valence-corrected chi connectivity index (χ2v) is 6.57. The summed E-state index contributed by atoms with van der Waals surface area (Å²) in [5.41, 5.74) is 1.21. The molecular formula is C16H18BrN5O2. The maximum atomic E-state index is 12.5. The second kappa shape index (κ2) is 7.12. The molecule has 24 heavy (non-hydrogen) atoms. The molecule has 0 aliphatic carbocycles. The number of aryl methyl sites for hydroxylation is 1. The van der Waals surface area contributed by atoms with Crippen LogP contribution in [0.5, 0.6) is 0 Å². The molecule has 7 nitrogen and oxygen atoms in total. The van der Waals surface area contributed by atoms with Crippen molar-refractivity contribution < 1.29 is 9.59 Å². The van der Waals surface area contributed by atoms with Gasteiger partial charge < -0.3 is 10.2 Å². The molecule has 1 fully saturated rings. The van der Waals surface area contributed by atoms with Crippen LogP contribution in [-0.4, -0.2) is 45.0 Å². The van der Waals surface area contributed by atoms with Gasteiger partial charge in [0.1, 0.15) is 5.82 Å². The number of aromatic amines is 1. The predicted molar refractivity (Wildman–Crippen MR) is 92.5 cm³/mol. The first-order valence-corrected chi connectivity index (χ1v) is 8.57. The Morgan fingerprint density at radius 1 is 1.33 bits per heavy atom. The molecule has 0 atom stereocenters. The van der Waals surface area contributed by atoms with Crippen molar-refractivity contribution in [2.45, 2.75) is 19.8 Å². The minimum Gasteiger partial charge on any atom is -0.337 e. The Bertz CT molecular complexity index is 738. The van der Waals surface area contributed by atoms with Crippen LogP contribution in [0.25, 0.3) is 0 Å². The molecule has 2 aromatic heterocycles. The molecule has 0 unspecified atom stereocenters. The lowest BCUT2D eigenvalue weighted by Crippen LogP contribution is -2.41. The maximum Gasteiger partial charge on any atom is 0.275 e. The molecule has 1 aliphatic rings. The summed E-state index contributed by atoms with van der Waals surface area (Å²) in [5, 5.41) is 9.67. The zero-order valence-corrected chi connectivity index (χ0v) is 14.8. The van der Waals surface area contributed by atoms with Crippen LogP contribution in [0, 0.1) is 12.8 Å². The Kier molecular flexibility index (Phi) is 4.94. The van der Waals surface area contributed by atoms with Gasteiger partial charge in [0, 0.05) is 30.9 Å². The Morgan fingerprint density at radius 3 is 2.67 bits per heavy atom. The summed E-state index contributed by atoms with van der Waals surface area (Å²) < 4.78 is 0.697. The number of hydrogen-bond acceptors (Lipinski definition) is 4. The van der Waals surface area contributed by atoms with Crippen LogP contribution in [0.4, 0.5) is 5.82 Å². The van der Waals surface area contributed by atoms with Crippen LogP contribution in [-0.2, 0) is 4.79 Å². The van der Waals surface area contributed by atoms with E-state index in [9.17, 15) is 9.59 Å². The molecule has 3 rings (SSSR count). The largest absolute Gasteiger partial charge is 0.337 e. The highest BCUT2D eigenvalue weighted by Gasteiger charge is 2.30.